The van der Waals surface area contributed by atoms with Crippen LogP contribution in [0.3, 0.4) is 0 Å². The molecule has 146 valence electrons. The Morgan fingerprint density at radius 3 is 2.32 bits per heavy atom. The molecule has 0 spiro atoms. The van der Waals surface area contributed by atoms with Crippen LogP contribution in [0, 0.1) is 19.8 Å². The normalized spacial score (nSPS) is 12.2. The predicted molar refractivity (Wildman–Crippen MR) is 111 cm³/mol. The number of pyridine rings is 1. The van der Waals surface area contributed by atoms with Crippen LogP contribution in [-0.4, -0.2) is 20.7 Å². The van der Waals surface area contributed by atoms with Gasteiger partial charge in [-0.3, -0.25) is 14.5 Å². The van der Waals surface area contributed by atoms with E-state index in [1.54, 1.807) is 12.4 Å². The van der Waals surface area contributed by atoms with E-state index < -0.39 is 0 Å². The van der Waals surface area contributed by atoms with E-state index in [1.807, 2.05) is 61.0 Å². The summed E-state index contributed by atoms with van der Waals surface area (Å²) in [6, 6.07) is 13.7. The second kappa shape index (κ2) is 8.83. The molecule has 2 aromatic heterocycles. The molecule has 0 aliphatic heterocycles. The first-order valence-electron chi connectivity index (χ1n) is 9.72. The average Bonchev–Trinajstić information content (AvgIpc) is 2.94. The first-order chi connectivity index (χ1) is 13.5. The number of rotatable bonds is 7. The quantitative estimate of drug-likeness (QED) is 0.678. The molecule has 0 saturated heterocycles. The topological polar surface area (TPSA) is 59.8 Å². The Morgan fingerprint density at radius 2 is 1.68 bits per heavy atom. The van der Waals surface area contributed by atoms with Crippen LogP contribution in [0.2, 0.25) is 0 Å². The van der Waals surface area contributed by atoms with Crippen molar-refractivity contribution in [3.63, 3.8) is 0 Å². The molecule has 1 N–H and O–H groups in total. The highest BCUT2D eigenvalue weighted by Gasteiger charge is 2.20. The molecule has 0 fully saturated rings. The van der Waals surface area contributed by atoms with E-state index in [-0.39, 0.29) is 11.9 Å². The minimum atomic E-state index is -0.206. The van der Waals surface area contributed by atoms with Gasteiger partial charge in [0.2, 0.25) is 5.91 Å². The summed E-state index contributed by atoms with van der Waals surface area (Å²) in [5.41, 5.74) is 5.07. The highest BCUT2D eigenvalue weighted by molar-refractivity contribution is 5.80. The van der Waals surface area contributed by atoms with Gasteiger partial charge in [0, 0.05) is 30.2 Å². The van der Waals surface area contributed by atoms with Gasteiger partial charge in [0.1, 0.15) is 0 Å². The van der Waals surface area contributed by atoms with Crippen molar-refractivity contribution in [2.24, 2.45) is 5.92 Å². The molecule has 3 rings (SSSR count). The van der Waals surface area contributed by atoms with Gasteiger partial charge >= 0.3 is 0 Å². The molecule has 0 aliphatic rings. The van der Waals surface area contributed by atoms with Gasteiger partial charge in [-0.2, -0.15) is 5.10 Å². The SMILES string of the molecule is Cc1nn(CC(C)C)c(C)c1CC(=O)NC(c1ccccc1)c1ccncc1. The van der Waals surface area contributed by atoms with Crippen LogP contribution in [0.15, 0.2) is 54.9 Å². The van der Waals surface area contributed by atoms with Gasteiger partial charge in [-0.15, -0.1) is 0 Å². The summed E-state index contributed by atoms with van der Waals surface area (Å²) in [5, 5.41) is 7.83. The Morgan fingerprint density at radius 1 is 1.04 bits per heavy atom. The molecule has 5 heteroatoms. The summed E-state index contributed by atoms with van der Waals surface area (Å²) in [5.74, 6) is 0.495. The van der Waals surface area contributed by atoms with Gasteiger partial charge in [0.25, 0.3) is 0 Å². The van der Waals surface area contributed by atoms with Crippen molar-refractivity contribution in [1.82, 2.24) is 20.1 Å². The third kappa shape index (κ3) is 4.66. The van der Waals surface area contributed by atoms with Crippen molar-refractivity contribution in [1.29, 1.82) is 0 Å². The van der Waals surface area contributed by atoms with Crippen molar-refractivity contribution in [3.05, 3.63) is 82.9 Å². The fraction of sp³-hybridized carbons (Fsp3) is 0.348. The van der Waals surface area contributed by atoms with Crippen molar-refractivity contribution in [2.75, 3.05) is 0 Å². The van der Waals surface area contributed by atoms with Crippen LogP contribution in [0.4, 0.5) is 0 Å². The van der Waals surface area contributed by atoms with Crippen molar-refractivity contribution in [3.8, 4) is 0 Å². The van der Waals surface area contributed by atoms with E-state index in [0.29, 0.717) is 12.3 Å². The third-order valence-corrected chi connectivity index (χ3v) is 4.88. The van der Waals surface area contributed by atoms with Gasteiger partial charge in [-0.05, 0) is 43.0 Å². The lowest BCUT2D eigenvalue weighted by atomic mass is 9.99. The Balaban J connectivity index is 1.81. The number of aryl methyl sites for hydroxylation is 1. The van der Waals surface area contributed by atoms with Crippen LogP contribution in [0.1, 0.15) is 48.0 Å². The Kier molecular flexibility index (Phi) is 6.24. The molecular weight excluding hydrogens is 348 g/mol. The van der Waals surface area contributed by atoms with Gasteiger partial charge < -0.3 is 5.32 Å². The molecular formula is C23H28N4O. The maximum atomic E-state index is 12.9. The zero-order chi connectivity index (χ0) is 20.1. The van der Waals surface area contributed by atoms with Crippen molar-refractivity contribution < 1.29 is 4.79 Å². The molecule has 5 nitrogen and oxygen atoms in total. The van der Waals surface area contributed by atoms with Crippen LogP contribution in [0.5, 0.6) is 0 Å². The number of aromatic nitrogens is 3. The number of hydrogen-bond acceptors (Lipinski definition) is 3. The summed E-state index contributed by atoms with van der Waals surface area (Å²) < 4.78 is 2.01. The molecule has 1 atom stereocenters. The van der Waals surface area contributed by atoms with Crippen molar-refractivity contribution >= 4 is 5.91 Å². The number of hydrogen-bond donors (Lipinski definition) is 1. The first kappa shape index (κ1) is 19.8. The molecule has 0 bridgehead atoms. The van der Waals surface area contributed by atoms with Crippen LogP contribution < -0.4 is 5.32 Å². The van der Waals surface area contributed by atoms with E-state index in [0.717, 1.165) is 34.6 Å². The minimum absolute atomic E-state index is 0.0130. The standard InChI is InChI=1S/C23H28N4O/c1-16(2)15-27-18(4)21(17(3)26-27)14-22(28)25-23(19-8-6-5-7-9-19)20-10-12-24-13-11-20/h5-13,16,23H,14-15H2,1-4H3,(H,25,28). The fourth-order valence-electron chi connectivity index (χ4n) is 3.45. The third-order valence-electron chi connectivity index (χ3n) is 4.88. The summed E-state index contributed by atoms with van der Waals surface area (Å²) in [4.78, 5) is 17.0. The first-order valence-corrected chi connectivity index (χ1v) is 9.72. The molecule has 1 amide bonds. The van der Waals surface area contributed by atoms with Crippen LogP contribution in [0.25, 0.3) is 0 Å². The second-order valence-corrected chi connectivity index (χ2v) is 7.59. The lowest BCUT2D eigenvalue weighted by Crippen LogP contribution is -2.30. The molecule has 2 heterocycles. The number of nitrogens with one attached hydrogen (secondary N) is 1. The largest absolute Gasteiger partial charge is 0.345 e. The monoisotopic (exact) mass is 376 g/mol. The van der Waals surface area contributed by atoms with Gasteiger partial charge in [0.05, 0.1) is 18.2 Å². The Labute approximate surface area is 166 Å². The number of benzene rings is 1. The fourth-order valence-corrected chi connectivity index (χ4v) is 3.45. The summed E-state index contributed by atoms with van der Waals surface area (Å²) in [6.45, 7) is 9.22. The van der Waals surface area contributed by atoms with Crippen LogP contribution in [-0.2, 0) is 17.8 Å². The van der Waals surface area contributed by atoms with E-state index in [9.17, 15) is 4.79 Å². The second-order valence-electron chi connectivity index (χ2n) is 7.59. The van der Waals surface area contributed by atoms with E-state index in [1.165, 1.54) is 0 Å². The zero-order valence-corrected chi connectivity index (χ0v) is 17.0. The van der Waals surface area contributed by atoms with Crippen LogP contribution >= 0.6 is 0 Å². The predicted octanol–water partition coefficient (Wildman–Crippen LogP) is 4.00. The maximum absolute atomic E-state index is 12.9. The number of nitrogens with zero attached hydrogens (tertiary/aromatic N) is 3. The number of amides is 1. The van der Waals surface area contributed by atoms with Gasteiger partial charge in [-0.1, -0.05) is 44.2 Å². The lowest BCUT2D eigenvalue weighted by Gasteiger charge is -2.20. The van der Waals surface area contributed by atoms with E-state index in [4.69, 9.17) is 0 Å². The van der Waals surface area contributed by atoms with Gasteiger partial charge in [0.15, 0.2) is 0 Å². The van der Waals surface area contributed by atoms with Gasteiger partial charge in [-0.25, -0.2) is 0 Å². The molecule has 0 radical (unpaired) electrons. The average molecular weight is 377 g/mol. The molecule has 28 heavy (non-hydrogen) atoms. The number of carbonyl (C=O) groups excluding carboxylic acids is 1. The smallest absolute Gasteiger partial charge is 0.225 e. The molecule has 0 saturated carbocycles. The highest BCUT2D eigenvalue weighted by atomic mass is 16.1. The Hall–Kier alpha value is -2.95. The van der Waals surface area contributed by atoms with E-state index in [2.05, 4.69) is 29.2 Å². The highest BCUT2D eigenvalue weighted by Crippen LogP contribution is 2.22. The molecule has 3 aromatic rings. The summed E-state index contributed by atoms with van der Waals surface area (Å²) >= 11 is 0. The molecule has 1 unspecified atom stereocenters. The zero-order valence-electron chi connectivity index (χ0n) is 17.0. The number of carbonyl (C=O) groups is 1. The van der Waals surface area contributed by atoms with Crippen molar-refractivity contribution in [2.45, 2.75) is 46.7 Å². The maximum Gasteiger partial charge on any atom is 0.225 e. The Bertz CT molecular complexity index is 877. The molecule has 1 aromatic carbocycles. The summed E-state index contributed by atoms with van der Waals surface area (Å²) in [6.07, 6.45) is 3.83. The lowest BCUT2D eigenvalue weighted by molar-refractivity contribution is -0.121. The van der Waals surface area contributed by atoms with E-state index >= 15 is 0 Å². The molecule has 0 aliphatic carbocycles. The summed E-state index contributed by atoms with van der Waals surface area (Å²) in [7, 11) is 0. The minimum Gasteiger partial charge on any atom is -0.345 e.